The summed E-state index contributed by atoms with van der Waals surface area (Å²) in [5.41, 5.74) is 3.57. The Bertz CT molecular complexity index is 1370. The molecule has 0 saturated carbocycles. The van der Waals surface area contributed by atoms with Gasteiger partial charge in [-0.2, -0.15) is 0 Å². The number of carbonyl (C=O) groups excluding carboxylic acids is 4. The minimum Gasteiger partial charge on any atom is -0.355 e. The van der Waals surface area contributed by atoms with Crippen LogP contribution < -0.4 is 26.6 Å². The van der Waals surface area contributed by atoms with E-state index in [-0.39, 0.29) is 24.8 Å². The Kier molecular flexibility index (Phi) is 9.16. The van der Waals surface area contributed by atoms with Crippen molar-refractivity contribution >= 4 is 35.0 Å². The molecule has 5 N–H and O–H groups in total. The predicted octanol–water partition coefficient (Wildman–Crippen LogP) is 3.05. The molecule has 40 heavy (non-hydrogen) atoms. The van der Waals surface area contributed by atoms with Crippen molar-refractivity contribution in [3.05, 3.63) is 95.6 Å². The zero-order chi connectivity index (χ0) is 28.6. The Labute approximate surface area is 234 Å². The number of nitrogens with one attached hydrogen (secondary N) is 5. The molecule has 3 aromatic carbocycles. The lowest BCUT2D eigenvalue weighted by molar-refractivity contribution is -0.133. The molecule has 0 unspecified atom stereocenters. The Morgan fingerprint density at radius 3 is 2.17 bits per heavy atom. The number of hydrogen-bond donors (Lipinski definition) is 5. The van der Waals surface area contributed by atoms with E-state index in [0.29, 0.717) is 11.3 Å². The summed E-state index contributed by atoms with van der Waals surface area (Å²) >= 11 is 0. The summed E-state index contributed by atoms with van der Waals surface area (Å²) in [6.45, 7) is 5.47. The van der Waals surface area contributed by atoms with Gasteiger partial charge in [0.25, 0.3) is 5.91 Å². The Balaban J connectivity index is 1.69. The maximum atomic E-state index is 13.5. The topological polar surface area (TPSA) is 128 Å². The van der Waals surface area contributed by atoms with Crippen LogP contribution >= 0.6 is 0 Å². The number of benzene rings is 3. The SMILES string of the molecule is CC(C)[C@@H]1NC(=O)[C@H](Cc2ccccc2)NC(=O)c2cccc(c2)Nc2cccc(c2)CNC(=O)[C@H](C)NC1=O. The molecule has 0 aliphatic carbocycles. The van der Waals surface area contributed by atoms with E-state index in [1.807, 2.05) is 60.7 Å². The first-order valence-corrected chi connectivity index (χ1v) is 13.4. The Morgan fingerprint density at radius 1 is 0.750 bits per heavy atom. The first-order valence-electron chi connectivity index (χ1n) is 13.4. The molecular formula is C31H35N5O4. The Hall–Kier alpha value is -4.66. The molecule has 208 valence electrons. The maximum absolute atomic E-state index is 13.5. The molecule has 9 heteroatoms. The smallest absolute Gasteiger partial charge is 0.252 e. The van der Waals surface area contributed by atoms with E-state index in [9.17, 15) is 19.2 Å². The van der Waals surface area contributed by atoms with E-state index in [0.717, 1.165) is 16.8 Å². The number of carbonyl (C=O) groups is 4. The molecule has 3 aromatic rings. The zero-order valence-corrected chi connectivity index (χ0v) is 22.9. The van der Waals surface area contributed by atoms with Crippen LogP contribution in [0, 0.1) is 5.92 Å². The third-order valence-electron chi connectivity index (χ3n) is 6.71. The minimum absolute atomic E-state index is 0.231. The van der Waals surface area contributed by atoms with Crippen molar-refractivity contribution in [2.45, 2.75) is 51.9 Å². The lowest BCUT2D eigenvalue weighted by atomic mass is 10.0. The minimum atomic E-state index is -0.944. The Morgan fingerprint density at radius 2 is 1.45 bits per heavy atom. The predicted molar refractivity (Wildman–Crippen MR) is 154 cm³/mol. The summed E-state index contributed by atoms with van der Waals surface area (Å²) in [7, 11) is 0. The van der Waals surface area contributed by atoms with Gasteiger partial charge in [-0.15, -0.1) is 0 Å². The molecule has 3 atom stereocenters. The van der Waals surface area contributed by atoms with Crippen molar-refractivity contribution in [2.75, 3.05) is 5.32 Å². The number of anilines is 2. The average Bonchev–Trinajstić information content (AvgIpc) is 2.94. The van der Waals surface area contributed by atoms with Gasteiger partial charge in [0, 0.05) is 29.9 Å². The fraction of sp³-hybridized carbons (Fsp3) is 0.290. The van der Waals surface area contributed by atoms with Gasteiger partial charge >= 0.3 is 0 Å². The molecular weight excluding hydrogens is 506 g/mol. The molecule has 0 aromatic heterocycles. The van der Waals surface area contributed by atoms with E-state index in [4.69, 9.17) is 0 Å². The van der Waals surface area contributed by atoms with Gasteiger partial charge in [0.15, 0.2) is 0 Å². The van der Waals surface area contributed by atoms with Gasteiger partial charge in [-0.3, -0.25) is 19.2 Å². The van der Waals surface area contributed by atoms with Gasteiger partial charge in [0.1, 0.15) is 18.1 Å². The third kappa shape index (κ3) is 7.47. The first-order chi connectivity index (χ1) is 19.2. The second kappa shape index (κ2) is 12.9. The highest BCUT2D eigenvalue weighted by Gasteiger charge is 2.30. The van der Waals surface area contributed by atoms with Gasteiger partial charge in [-0.25, -0.2) is 0 Å². The lowest BCUT2D eigenvalue weighted by Gasteiger charge is -2.26. The first kappa shape index (κ1) is 28.4. The maximum Gasteiger partial charge on any atom is 0.252 e. The standard InChI is InChI=1S/C31H35N5O4/c1-19(2)27-31(40)33-20(3)28(37)32-18-22-11-7-13-24(15-22)34-25-14-8-12-23(17-25)29(38)35-26(30(39)36-27)16-21-9-5-4-6-10-21/h4-15,17,19-20,26-27,34H,16,18H2,1-3H3,(H,32,37)(H,33,40)(H,35,38)(H,36,39)/t20-,26-,27-/m0/s1. The summed E-state index contributed by atoms with van der Waals surface area (Å²) in [6.07, 6.45) is 0.231. The highest BCUT2D eigenvalue weighted by Crippen LogP contribution is 2.19. The van der Waals surface area contributed by atoms with Crippen molar-refractivity contribution in [3.8, 4) is 0 Å². The van der Waals surface area contributed by atoms with E-state index in [1.54, 1.807) is 39.0 Å². The second-order valence-corrected chi connectivity index (χ2v) is 10.3. The van der Waals surface area contributed by atoms with E-state index in [1.165, 1.54) is 0 Å². The average molecular weight is 542 g/mol. The van der Waals surface area contributed by atoms with E-state index >= 15 is 0 Å². The van der Waals surface area contributed by atoms with Gasteiger partial charge in [-0.1, -0.05) is 62.4 Å². The van der Waals surface area contributed by atoms with Crippen LogP contribution in [0.5, 0.6) is 0 Å². The van der Waals surface area contributed by atoms with Crippen LogP contribution in [0.1, 0.15) is 42.3 Å². The fourth-order valence-corrected chi connectivity index (χ4v) is 4.46. The van der Waals surface area contributed by atoms with Crippen LogP contribution in [-0.4, -0.2) is 41.8 Å². The van der Waals surface area contributed by atoms with Crippen LogP contribution in [0.25, 0.3) is 0 Å². The lowest BCUT2D eigenvalue weighted by Crippen LogP contribution is -2.58. The van der Waals surface area contributed by atoms with Crippen LogP contribution in [0.4, 0.5) is 11.4 Å². The van der Waals surface area contributed by atoms with Crippen molar-refractivity contribution in [1.29, 1.82) is 0 Å². The summed E-state index contributed by atoms with van der Waals surface area (Å²) in [5, 5.41) is 14.5. The van der Waals surface area contributed by atoms with Crippen molar-refractivity contribution in [3.63, 3.8) is 0 Å². The van der Waals surface area contributed by atoms with Crippen LogP contribution in [-0.2, 0) is 27.3 Å². The molecule has 1 aliphatic rings. The molecule has 0 fully saturated rings. The summed E-state index contributed by atoms with van der Waals surface area (Å²) < 4.78 is 0. The summed E-state index contributed by atoms with van der Waals surface area (Å²) in [5.74, 6) is -2.01. The molecule has 1 heterocycles. The molecule has 0 spiro atoms. The van der Waals surface area contributed by atoms with Crippen molar-refractivity contribution < 1.29 is 19.2 Å². The molecule has 4 rings (SSSR count). The van der Waals surface area contributed by atoms with Gasteiger partial charge in [0.2, 0.25) is 17.7 Å². The fourth-order valence-electron chi connectivity index (χ4n) is 4.46. The number of fused-ring (bicyclic) bond motifs is 4. The third-order valence-corrected chi connectivity index (χ3v) is 6.71. The van der Waals surface area contributed by atoms with Crippen LogP contribution in [0.15, 0.2) is 78.9 Å². The molecule has 1 aliphatic heterocycles. The molecule has 4 bridgehead atoms. The van der Waals surface area contributed by atoms with E-state index in [2.05, 4.69) is 26.6 Å². The van der Waals surface area contributed by atoms with Gasteiger partial charge < -0.3 is 26.6 Å². The molecule has 9 nitrogen and oxygen atoms in total. The largest absolute Gasteiger partial charge is 0.355 e. The van der Waals surface area contributed by atoms with Crippen LogP contribution in [0.3, 0.4) is 0 Å². The number of hydrogen-bond acceptors (Lipinski definition) is 5. The summed E-state index contributed by atoms with van der Waals surface area (Å²) in [4.78, 5) is 52.8. The van der Waals surface area contributed by atoms with Gasteiger partial charge in [0.05, 0.1) is 0 Å². The number of rotatable bonds is 3. The summed E-state index contributed by atoms with van der Waals surface area (Å²) in [6, 6.07) is 21.2. The van der Waals surface area contributed by atoms with Crippen LogP contribution in [0.2, 0.25) is 0 Å². The van der Waals surface area contributed by atoms with Crippen molar-refractivity contribution in [1.82, 2.24) is 21.3 Å². The second-order valence-electron chi connectivity index (χ2n) is 10.3. The van der Waals surface area contributed by atoms with E-state index < -0.39 is 35.8 Å². The molecule has 0 saturated heterocycles. The normalized spacial score (nSPS) is 20.6. The monoisotopic (exact) mass is 541 g/mol. The number of amides is 4. The molecule has 0 radical (unpaired) electrons. The highest BCUT2D eigenvalue weighted by molar-refractivity contribution is 5.99. The zero-order valence-electron chi connectivity index (χ0n) is 22.9. The quantitative estimate of drug-likeness (QED) is 0.348. The molecule has 4 amide bonds. The van der Waals surface area contributed by atoms with Crippen molar-refractivity contribution in [2.24, 2.45) is 5.92 Å². The highest BCUT2D eigenvalue weighted by atomic mass is 16.2. The van der Waals surface area contributed by atoms with Gasteiger partial charge in [-0.05, 0) is 54.3 Å².